The number of nitrogens with two attached hydrogens (primary N) is 4. The van der Waals surface area contributed by atoms with Crippen LogP contribution in [0, 0.1) is 5.82 Å². The van der Waals surface area contributed by atoms with E-state index in [0.29, 0.717) is 60.1 Å². The van der Waals surface area contributed by atoms with Crippen LogP contribution < -0.4 is 39.3 Å². The lowest BCUT2D eigenvalue weighted by Crippen LogP contribution is -2.34. The molecule has 2 aromatic carbocycles. The summed E-state index contributed by atoms with van der Waals surface area (Å²) in [6, 6.07) is 13.1. The van der Waals surface area contributed by atoms with Crippen LogP contribution in [-0.4, -0.2) is 58.7 Å². The Hall–Kier alpha value is -4.46. The van der Waals surface area contributed by atoms with Crippen molar-refractivity contribution in [3.05, 3.63) is 81.1 Å². The molecular weight excluding hydrogens is 597 g/mol. The standard InChI is InChI=1S/C31H41ClFN11O/c1-18(38-2)4-3-5-20-12-24(27(33)25(32)13-20)26-14-21-17-44(31(45)43-28(21)42-26)23-8-6-19(7-9-23)15-40-22(16-41-30(36)37)10-11-39-29(34)35/h6-9,12-14,17-18,22,38,40H,3-5,10-11,15-16H2,1-2H3,(H4,34,35,39)(H4,36,37,41)(H,42,43,45)/t18?,22-/m1/s1. The van der Waals surface area contributed by atoms with Crippen molar-refractivity contribution in [3.63, 3.8) is 0 Å². The van der Waals surface area contributed by atoms with Gasteiger partial charge in [0.05, 0.1) is 22.9 Å². The first-order valence-corrected chi connectivity index (χ1v) is 15.1. The van der Waals surface area contributed by atoms with Gasteiger partial charge < -0.3 is 38.6 Å². The highest BCUT2D eigenvalue weighted by Crippen LogP contribution is 2.31. The zero-order valence-electron chi connectivity index (χ0n) is 25.5. The van der Waals surface area contributed by atoms with Crippen molar-refractivity contribution >= 4 is 34.6 Å². The molecule has 240 valence electrons. The summed E-state index contributed by atoms with van der Waals surface area (Å²) in [5.41, 5.74) is 25.1. The lowest BCUT2D eigenvalue weighted by atomic mass is 10.0. The molecule has 4 aromatic rings. The molecule has 2 atom stereocenters. The average Bonchev–Trinajstić information content (AvgIpc) is 3.41. The molecule has 0 aliphatic heterocycles. The van der Waals surface area contributed by atoms with Crippen LogP contribution in [0.15, 0.2) is 63.4 Å². The fraction of sp³-hybridized carbons (Fsp3) is 0.355. The van der Waals surface area contributed by atoms with E-state index in [1.165, 1.54) is 4.57 Å². The third kappa shape index (κ3) is 9.27. The minimum absolute atomic E-state index is 0.00598. The summed E-state index contributed by atoms with van der Waals surface area (Å²) in [6.45, 7) is 3.45. The highest BCUT2D eigenvalue weighted by molar-refractivity contribution is 6.31. The molecule has 1 unspecified atom stereocenters. The third-order valence-corrected chi connectivity index (χ3v) is 7.83. The van der Waals surface area contributed by atoms with Gasteiger partial charge in [-0.2, -0.15) is 4.98 Å². The lowest BCUT2D eigenvalue weighted by molar-refractivity contribution is 0.493. The van der Waals surface area contributed by atoms with Crippen molar-refractivity contribution in [2.24, 2.45) is 32.9 Å². The monoisotopic (exact) mass is 637 g/mol. The number of aryl methyl sites for hydroxylation is 1. The molecule has 0 spiro atoms. The highest BCUT2D eigenvalue weighted by Gasteiger charge is 2.16. The normalized spacial score (nSPS) is 12.6. The van der Waals surface area contributed by atoms with E-state index in [-0.39, 0.29) is 23.0 Å². The molecule has 14 heteroatoms. The van der Waals surface area contributed by atoms with E-state index in [4.69, 9.17) is 34.5 Å². The largest absolute Gasteiger partial charge is 0.370 e. The first-order valence-electron chi connectivity index (χ1n) is 14.8. The third-order valence-electron chi connectivity index (χ3n) is 7.56. The number of H-pyrrole nitrogens is 1. The molecule has 0 aliphatic rings. The van der Waals surface area contributed by atoms with E-state index in [2.05, 4.69) is 37.5 Å². The van der Waals surface area contributed by atoms with Gasteiger partial charge in [0.2, 0.25) is 0 Å². The maximum absolute atomic E-state index is 15.2. The molecule has 11 N–H and O–H groups in total. The second-order valence-corrected chi connectivity index (χ2v) is 11.4. The van der Waals surface area contributed by atoms with Gasteiger partial charge in [0, 0.05) is 42.3 Å². The lowest BCUT2D eigenvalue weighted by Gasteiger charge is -2.16. The van der Waals surface area contributed by atoms with Crippen LogP contribution in [0.2, 0.25) is 5.02 Å². The molecular formula is C31H41ClFN11O. The number of halogens is 2. The predicted molar refractivity (Wildman–Crippen MR) is 180 cm³/mol. The number of nitrogens with one attached hydrogen (secondary N) is 3. The van der Waals surface area contributed by atoms with Gasteiger partial charge in [-0.3, -0.25) is 14.6 Å². The van der Waals surface area contributed by atoms with E-state index in [1.54, 1.807) is 24.4 Å². The zero-order chi connectivity index (χ0) is 32.5. The van der Waals surface area contributed by atoms with Crippen molar-refractivity contribution in [1.82, 2.24) is 25.2 Å². The molecule has 0 aliphatic carbocycles. The zero-order valence-corrected chi connectivity index (χ0v) is 26.2. The summed E-state index contributed by atoms with van der Waals surface area (Å²) >= 11 is 6.28. The summed E-state index contributed by atoms with van der Waals surface area (Å²) in [6.07, 6.45) is 5.01. The van der Waals surface area contributed by atoms with Gasteiger partial charge >= 0.3 is 5.69 Å². The Morgan fingerprint density at radius 1 is 1.07 bits per heavy atom. The molecule has 45 heavy (non-hydrogen) atoms. The van der Waals surface area contributed by atoms with Crippen LogP contribution in [0.1, 0.15) is 37.3 Å². The molecule has 0 fully saturated rings. The van der Waals surface area contributed by atoms with E-state index in [9.17, 15) is 4.79 Å². The number of aromatic nitrogens is 3. The number of nitrogens with zero attached hydrogens (tertiary/aromatic N) is 4. The fourth-order valence-corrected chi connectivity index (χ4v) is 5.17. The van der Waals surface area contributed by atoms with Crippen molar-refractivity contribution in [3.8, 4) is 16.9 Å². The Morgan fingerprint density at radius 2 is 1.80 bits per heavy atom. The molecule has 2 aromatic heterocycles. The van der Waals surface area contributed by atoms with Crippen molar-refractivity contribution < 1.29 is 4.39 Å². The van der Waals surface area contributed by atoms with Crippen molar-refractivity contribution in [2.45, 2.75) is 51.2 Å². The molecule has 0 amide bonds. The number of hydrogen-bond acceptors (Lipinski definition) is 6. The Morgan fingerprint density at radius 3 is 2.49 bits per heavy atom. The summed E-state index contributed by atoms with van der Waals surface area (Å²) in [4.78, 5) is 28.4. The fourth-order valence-electron chi connectivity index (χ4n) is 4.93. The van der Waals surface area contributed by atoms with Crippen molar-refractivity contribution in [2.75, 3.05) is 20.1 Å². The Balaban J connectivity index is 1.51. The topological polar surface area (TPSA) is 204 Å². The van der Waals surface area contributed by atoms with Crippen LogP contribution in [0.5, 0.6) is 0 Å². The van der Waals surface area contributed by atoms with Gasteiger partial charge in [-0.25, -0.2) is 9.18 Å². The number of aromatic amines is 1. The van der Waals surface area contributed by atoms with Gasteiger partial charge in [0.15, 0.2) is 17.7 Å². The number of benzene rings is 2. The van der Waals surface area contributed by atoms with Crippen LogP contribution >= 0.6 is 11.6 Å². The summed E-state index contributed by atoms with van der Waals surface area (Å²) in [5.74, 6) is -0.491. The maximum Gasteiger partial charge on any atom is 0.354 e. The first-order chi connectivity index (χ1) is 21.5. The van der Waals surface area contributed by atoms with E-state index in [0.717, 1.165) is 30.4 Å². The molecule has 2 heterocycles. The maximum atomic E-state index is 15.2. The Bertz CT molecular complexity index is 1710. The number of fused-ring (bicyclic) bond motifs is 1. The predicted octanol–water partition coefficient (Wildman–Crippen LogP) is 2.50. The van der Waals surface area contributed by atoms with E-state index in [1.807, 2.05) is 31.3 Å². The van der Waals surface area contributed by atoms with Crippen LogP contribution in [0.25, 0.3) is 28.0 Å². The molecule has 4 rings (SSSR count). The molecule has 0 saturated heterocycles. The quantitative estimate of drug-likeness (QED) is 0.0760. The second kappa shape index (κ2) is 15.5. The minimum Gasteiger partial charge on any atom is -0.370 e. The summed E-state index contributed by atoms with van der Waals surface area (Å²) in [5, 5.41) is 7.35. The highest BCUT2D eigenvalue weighted by atomic mass is 35.5. The van der Waals surface area contributed by atoms with Gasteiger partial charge in [-0.05, 0) is 81.1 Å². The molecule has 0 saturated carbocycles. The van der Waals surface area contributed by atoms with Crippen LogP contribution in [0.4, 0.5) is 4.39 Å². The Kier molecular flexibility index (Phi) is 11.5. The number of rotatable bonds is 15. The SMILES string of the molecule is CNC(C)CCCc1cc(Cl)c(F)c(-c2cc3cn(-c4ccc(CN[C@H](CCN=C(N)N)CN=C(N)N)cc4)c(=O)nc3[nH]2)c1. The smallest absolute Gasteiger partial charge is 0.354 e. The number of aliphatic imine (C=N–C) groups is 2. The molecule has 0 bridgehead atoms. The van der Waals surface area contributed by atoms with E-state index >= 15 is 4.39 Å². The van der Waals surface area contributed by atoms with Gasteiger partial charge in [-0.15, -0.1) is 0 Å². The number of hydrogen-bond donors (Lipinski definition) is 7. The second-order valence-electron chi connectivity index (χ2n) is 11.0. The Labute approximate surface area is 266 Å². The van der Waals surface area contributed by atoms with E-state index < -0.39 is 11.5 Å². The average molecular weight is 638 g/mol. The number of guanidine groups is 2. The first kappa shape index (κ1) is 33.4. The van der Waals surface area contributed by atoms with Crippen LogP contribution in [0.3, 0.4) is 0 Å². The molecule has 12 nitrogen and oxygen atoms in total. The van der Waals surface area contributed by atoms with Gasteiger partial charge in [0.1, 0.15) is 5.65 Å². The van der Waals surface area contributed by atoms with Gasteiger partial charge in [-0.1, -0.05) is 23.7 Å². The van der Waals surface area contributed by atoms with Crippen LogP contribution in [-0.2, 0) is 13.0 Å². The van der Waals surface area contributed by atoms with Crippen molar-refractivity contribution in [1.29, 1.82) is 0 Å². The summed E-state index contributed by atoms with van der Waals surface area (Å²) in [7, 11) is 1.93. The summed E-state index contributed by atoms with van der Waals surface area (Å²) < 4.78 is 16.6. The van der Waals surface area contributed by atoms with Gasteiger partial charge in [0.25, 0.3) is 0 Å². The molecule has 0 radical (unpaired) electrons. The minimum atomic E-state index is -0.522.